The highest BCUT2D eigenvalue weighted by Crippen LogP contribution is 2.58. The van der Waals surface area contributed by atoms with E-state index in [1.165, 1.54) is 7.11 Å². The molecule has 0 saturated carbocycles. The van der Waals surface area contributed by atoms with Gasteiger partial charge in [0.1, 0.15) is 51.6 Å². The number of primary amides is 1. The summed E-state index contributed by atoms with van der Waals surface area (Å²) in [5, 5.41) is 3.33. The number of carbonyl (C=O) groups is 4. The number of nitrogens with one attached hydrogen (secondary N) is 1. The van der Waals surface area contributed by atoms with Crippen molar-refractivity contribution in [3.05, 3.63) is 166 Å². The number of methoxy groups -OCH3 is 2. The highest BCUT2D eigenvalue weighted by Gasteiger charge is 2.55. The topological polar surface area (TPSA) is 180 Å². The van der Waals surface area contributed by atoms with Crippen molar-refractivity contribution in [3.8, 4) is 46.0 Å². The maximum absolute atomic E-state index is 12.9. The fourth-order valence-corrected chi connectivity index (χ4v) is 9.10. The summed E-state index contributed by atoms with van der Waals surface area (Å²) in [4.78, 5) is 48.5. The van der Waals surface area contributed by atoms with Gasteiger partial charge in [0.25, 0.3) is 0 Å². The van der Waals surface area contributed by atoms with Gasteiger partial charge in [-0.05, 0) is 87.9 Å². The van der Waals surface area contributed by atoms with E-state index < -0.39 is 40.9 Å². The third-order valence-corrected chi connectivity index (χ3v) is 12.3. The third kappa shape index (κ3) is 9.65. The van der Waals surface area contributed by atoms with Gasteiger partial charge in [-0.1, -0.05) is 36.4 Å². The maximum atomic E-state index is 12.9. The molecular formula is C55H50F3N2O13+. The van der Waals surface area contributed by atoms with Crippen molar-refractivity contribution >= 4 is 23.9 Å². The predicted octanol–water partition coefficient (Wildman–Crippen LogP) is 9.24. The van der Waals surface area contributed by atoms with Gasteiger partial charge in [0, 0.05) is 70.6 Å². The van der Waals surface area contributed by atoms with Crippen LogP contribution in [-0.4, -0.2) is 76.2 Å². The molecule has 0 aliphatic carbocycles. The number of quaternary nitrogens is 1. The van der Waals surface area contributed by atoms with Crippen molar-refractivity contribution in [2.24, 2.45) is 0 Å². The van der Waals surface area contributed by atoms with Gasteiger partial charge in [0.2, 0.25) is 0 Å². The number of hydrogen-bond acceptors (Lipinski definition) is 13. The molecule has 3 N–H and O–H groups in total. The number of carbonyl (C=O) groups excluding carboxylic acids is 4. The van der Waals surface area contributed by atoms with Crippen LogP contribution in [0.5, 0.6) is 46.0 Å². The summed E-state index contributed by atoms with van der Waals surface area (Å²) in [6.07, 6.45) is -4.52. The number of ether oxygens (including phenoxy) is 9. The van der Waals surface area contributed by atoms with Gasteiger partial charge in [-0.3, -0.25) is 5.32 Å². The molecule has 6 aromatic carbocycles. The Balaban J connectivity index is 0.000000180. The van der Waals surface area contributed by atoms with Crippen LogP contribution in [-0.2, 0) is 30.2 Å². The minimum atomic E-state index is -4.87. The zero-order valence-corrected chi connectivity index (χ0v) is 40.3. The fraction of sp³-hybridized carbons (Fsp3) is 0.273. The molecule has 6 aromatic rings. The summed E-state index contributed by atoms with van der Waals surface area (Å²) in [7, 11) is 3.12. The quantitative estimate of drug-likeness (QED) is 0.0674. The molecular weight excluding hydrogens is 954 g/mol. The monoisotopic (exact) mass is 1000 g/mol. The Morgan fingerprint density at radius 2 is 0.986 bits per heavy atom. The molecule has 0 fully saturated rings. The van der Waals surface area contributed by atoms with Crippen molar-refractivity contribution in [2.45, 2.75) is 56.6 Å². The van der Waals surface area contributed by atoms with Gasteiger partial charge in [0.05, 0.1) is 45.1 Å². The summed E-state index contributed by atoms with van der Waals surface area (Å²) in [5.41, 5.74) is 2.20. The van der Waals surface area contributed by atoms with Crippen LogP contribution in [0.4, 0.5) is 18.0 Å². The average Bonchev–Trinajstić information content (AvgIpc) is 3.83. The largest absolute Gasteiger partial charge is 0.509 e. The minimum Gasteiger partial charge on any atom is -0.497 e. The molecule has 4 aliphatic rings. The van der Waals surface area contributed by atoms with Crippen LogP contribution in [0.3, 0.4) is 0 Å². The molecule has 2 unspecified atom stereocenters. The Morgan fingerprint density at radius 3 is 1.41 bits per heavy atom. The highest BCUT2D eigenvalue weighted by molar-refractivity contribution is 5.98. The second-order valence-electron chi connectivity index (χ2n) is 18.2. The molecule has 10 rings (SSSR count). The van der Waals surface area contributed by atoms with E-state index in [1.54, 1.807) is 73.8 Å². The maximum Gasteiger partial charge on any atom is 0.509 e. The normalized spacial score (nSPS) is 17.3. The van der Waals surface area contributed by atoms with E-state index in [0.29, 0.717) is 104 Å². The summed E-state index contributed by atoms with van der Waals surface area (Å²) in [5.74, 6) is 1.39. The van der Waals surface area contributed by atoms with Gasteiger partial charge in [-0.25, -0.2) is 19.2 Å². The van der Waals surface area contributed by atoms with Crippen molar-refractivity contribution < 1.29 is 80.3 Å². The van der Waals surface area contributed by atoms with Crippen LogP contribution in [0.25, 0.3) is 0 Å². The summed E-state index contributed by atoms with van der Waals surface area (Å²) >= 11 is 0. The standard InChI is InChI=1S/C29H29NO7.C26H20F3NO6/c1-28(2,3)37-27(32)30-14-7-15-34-19-11-13-23-25(17-19)35-24-16-18(33-4)10-12-22(24)29(23)21-9-6-5-8-20(21)26(31)36-29;1-33-15-7-9-19-21(13-15)35-22-14-16(34-12-4-11-30-24(32)26(27,28)29)8-10-20(22)25(19)18-6-3-2-5-17(18)23(31)36-25/h5-6,8-13,16-17H,7,14-15H2,1-4H3,(H,30,32);2-3,5-10,13-14H,4,11-12H2,1H3,(H,30,32)/p+1. The Bertz CT molecular complexity index is 3130. The van der Waals surface area contributed by atoms with Crippen molar-refractivity contribution in [2.75, 3.05) is 40.5 Å². The van der Waals surface area contributed by atoms with Crippen LogP contribution in [0, 0.1) is 0 Å². The van der Waals surface area contributed by atoms with Crippen LogP contribution in [0.15, 0.2) is 121 Å². The number of hydrogen-bond donors (Lipinski definition) is 2. The van der Waals surface area contributed by atoms with Gasteiger partial charge < -0.3 is 47.9 Å². The van der Waals surface area contributed by atoms with Crippen molar-refractivity contribution in [1.29, 1.82) is 0 Å². The van der Waals surface area contributed by atoms with E-state index in [0.717, 1.165) is 11.1 Å². The first-order valence-electron chi connectivity index (χ1n) is 23.3. The minimum absolute atomic E-state index is 0.0667. The van der Waals surface area contributed by atoms with E-state index in [1.807, 2.05) is 75.4 Å². The molecule has 73 heavy (non-hydrogen) atoms. The molecule has 4 heterocycles. The first-order chi connectivity index (χ1) is 34.9. The number of rotatable bonds is 12. The lowest BCUT2D eigenvalue weighted by molar-refractivity contribution is -0.582. The van der Waals surface area contributed by atoms with Gasteiger partial charge in [-0.15, -0.1) is 0 Å². The Kier molecular flexibility index (Phi) is 13.4. The summed E-state index contributed by atoms with van der Waals surface area (Å²) in [6.45, 7) is 6.27. The van der Waals surface area contributed by atoms with E-state index in [9.17, 15) is 32.3 Å². The Hall–Kier alpha value is -8.25. The Morgan fingerprint density at radius 1 is 0.575 bits per heavy atom. The number of halogens is 3. The molecule has 378 valence electrons. The smallest absolute Gasteiger partial charge is 0.497 e. The highest BCUT2D eigenvalue weighted by atomic mass is 19.4. The zero-order valence-electron chi connectivity index (χ0n) is 40.3. The fourth-order valence-electron chi connectivity index (χ4n) is 9.10. The lowest BCUT2D eigenvalue weighted by Crippen LogP contribution is -2.91. The van der Waals surface area contributed by atoms with Crippen LogP contribution in [0.2, 0.25) is 0 Å². The number of nitrogens with two attached hydrogens (primary N) is 1. The van der Waals surface area contributed by atoms with Gasteiger partial charge in [-0.2, -0.15) is 13.2 Å². The third-order valence-electron chi connectivity index (χ3n) is 12.3. The second kappa shape index (κ2) is 19.7. The number of alkyl carbamates (subject to hydrolysis) is 1. The number of amides is 2. The predicted molar refractivity (Wildman–Crippen MR) is 255 cm³/mol. The molecule has 0 saturated heterocycles. The average molecular weight is 1000 g/mol. The van der Waals surface area contributed by atoms with Crippen LogP contribution in [0.1, 0.15) is 87.7 Å². The molecule has 0 bridgehead atoms. The number of esters is 2. The van der Waals surface area contributed by atoms with E-state index in [4.69, 9.17) is 42.6 Å². The van der Waals surface area contributed by atoms with E-state index in [2.05, 4.69) is 5.32 Å². The second-order valence-corrected chi connectivity index (χ2v) is 18.2. The lowest BCUT2D eigenvalue weighted by Gasteiger charge is -2.36. The molecule has 0 aromatic heterocycles. The zero-order chi connectivity index (χ0) is 51.7. The Labute approximate surface area is 417 Å². The number of benzene rings is 6. The number of alkyl halides is 3. The molecule has 2 atom stereocenters. The van der Waals surface area contributed by atoms with Crippen LogP contribution >= 0.6 is 0 Å². The molecule has 18 heteroatoms. The molecule has 4 aliphatic heterocycles. The van der Waals surface area contributed by atoms with Crippen molar-refractivity contribution in [1.82, 2.24) is 5.32 Å². The van der Waals surface area contributed by atoms with Gasteiger partial charge >= 0.3 is 30.1 Å². The van der Waals surface area contributed by atoms with E-state index in [-0.39, 0.29) is 25.5 Å². The SMILES string of the molecule is COc1ccc2c(c1)Oc1cc(OCCCNC(=O)OC(C)(C)C)ccc1C21OC(=O)c2ccccc21.COc1ccc2c(c1)Oc1cc(OCCC[NH2+]C(=O)C(F)(F)F)ccc1C21OC(=O)c2ccccc21. The summed E-state index contributed by atoms with van der Waals surface area (Å²) < 4.78 is 89.2. The molecule has 2 spiro atoms. The molecule has 2 amide bonds. The summed E-state index contributed by atoms with van der Waals surface area (Å²) in [6, 6.07) is 35.8. The first kappa shape index (κ1) is 49.7. The van der Waals surface area contributed by atoms with E-state index >= 15 is 0 Å². The first-order valence-corrected chi connectivity index (χ1v) is 23.3. The molecule has 0 radical (unpaired) electrons. The molecule has 15 nitrogen and oxygen atoms in total. The van der Waals surface area contributed by atoms with Crippen molar-refractivity contribution in [3.63, 3.8) is 0 Å². The number of fused-ring (bicyclic) bond motifs is 12. The lowest BCUT2D eigenvalue weighted by atomic mass is 9.77. The van der Waals surface area contributed by atoms with Gasteiger partial charge in [0.15, 0.2) is 11.2 Å². The van der Waals surface area contributed by atoms with Crippen LogP contribution < -0.4 is 39.1 Å².